The summed E-state index contributed by atoms with van der Waals surface area (Å²) in [6, 6.07) is 0. The van der Waals surface area contributed by atoms with Crippen molar-refractivity contribution in [2.45, 2.75) is 0 Å². The molecule has 0 saturated carbocycles. The molecule has 0 aliphatic carbocycles. The second kappa shape index (κ2) is 25.4. The van der Waals surface area contributed by atoms with Gasteiger partial charge in [-0.2, -0.15) is 0 Å². The first-order valence-electron chi connectivity index (χ1n) is 0. The van der Waals surface area contributed by atoms with Crippen LogP contribution in [0.15, 0.2) is 0 Å². The molecule has 0 nitrogen and oxygen atoms in total. The SMILES string of the molecule is [Cd].[Cd].[Li].[Li].[Li]. The van der Waals surface area contributed by atoms with E-state index in [4.69, 9.17) is 0 Å². The Kier molecular flexibility index (Phi) is 194. The van der Waals surface area contributed by atoms with Crippen LogP contribution in [0.2, 0.25) is 0 Å². The van der Waals surface area contributed by atoms with Gasteiger partial charge in [-0.1, -0.05) is 0 Å². The Balaban J connectivity index is 0. The molecule has 0 aromatic carbocycles. The summed E-state index contributed by atoms with van der Waals surface area (Å²) in [5, 5.41) is 0. The van der Waals surface area contributed by atoms with Gasteiger partial charge >= 0.3 is 0 Å². The third kappa shape index (κ3) is 18.3. The first-order valence-corrected chi connectivity index (χ1v) is 0. The van der Waals surface area contributed by atoms with Crippen molar-refractivity contribution in [1.82, 2.24) is 0 Å². The summed E-state index contributed by atoms with van der Waals surface area (Å²) in [4.78, 5) is 0. The maximum Gasteiger partial charge on any atom is 0 e. The van der Waals surface area contributed by atoms with Gasteiger partial charge < -0.3 is 0 Å². The van der Waals surface area contributed by atoms with E-state index >= 15 is 0 Å². The summed E-state index contributed by atoms with van der Waals surface area (Å²) < 4.78 is 0. The van der Waals surface area contributed by atoms with E-state index in [0.717, 1.165) is 0 Å². The number of hydrogen-bond donors (Lipinski definition) is 0. The fraction of sp³-hybridized carbons (Fsp3) is 0. The van der Waals surface area contributed by atoms with Crippen LogP contribution in [0.4, 0.5) is 0 Å². The van der Waals surface area contributed by atoms with E-state index in [1.165, 1.54) is 0 Å². The summed E-state index contributed by atoms with van der Waals surface area (Å²) in [6.07, 6.45) is 0. The largest absolute Gasteiger partial charge is 0 e. The zero-order valence-electron chi connectivity index (χ0n) is 4.41. The van der Waals surface area contributed by atoms with Crippen molar-refractivity contribution >= 4 is 56.6 Å². The van der Waals surface area contributed by atoms with Crippen molar-refractivity contribution in [3.63, 3.8) is 0 Å². The fourth-order valence-electron chi connectivity index (χ4n) is 0. The zero-order chi connectivity index (χ0) is 0. The smallest absolute Gasteiger partial charge is 0 e. The molecule has 0 N–H and O–H groups in total. The minimum atomic E-state index is 0. The van der Waals surface area contributed by atoms with Crippen molar-refractivity contribution in [1.29, 1.82) is 0 Å². The Morgan fingerprint density at radius 3 is 0.400 bits per heavy atom. The Hall–Kier alpha value is 3.64. The van der Waals surface area contributed by atoms with Gasteiger partial charge in [0.25, 0.3) is 0 Å². The van der Waals surface area contributed by atoms with Gasteiger partial charge in [0.05, 0.1) is 0 Å². The van der Waals surface area contributed by atoms with E-state index in [2.05, 4.69) is 0 Å². The maximum atomic E-state index is 0. The molecule has 0 amide bonds. The van der Waals surface area contributed by atoms with Crippen LogP contribution in [0.3, 0.4) is 0 Å². The van der Waals surface area contributed by atoms with Gasteiger partial charge in [0, 0.05) is 111 Å². The first kappa shape index (κ1) is 38.1. The van der Waals surface area contributed by atoms with E-state index in [9.17, 15) is 0 Å². The molecule has 0 aromatic rings. The number of hydrogen-bond acceptors (Lipinski definition) is 0. The van der Waals surface area contributed by atoms with Crippen LogP contribution in [0.1, 0.15) is 0 Å². The fourth-order valence-corrected chi connectivity index (χ4v) is 0. The predicted octanol–water partition coefficient (Wildman–Crippen LogP) is -1.15. The quantitative estimate of drug-likeness (QED) is 0.473. The zero-order valence-corrected chi connectivity index (χ0v) is 12.5. The van der Waals surface area contributed by atoms with E-state index in [0.29, 0.717) is 0 Å². The van der Waals surface area contributed by atoms with Gasteiger partial charge in [0.1, 0.15) is 0 Å². The monoisotopic (exact) mass is 249 g/mol. The third-order valence-corrected chi connectivity index (χ3v) is 0. The van der Waals surface area contributed by atoms with E-state index < -0.39 is 0 Å². The molecule has 0 spiro atoms. The van der Waals surface area contributed by atoms with Crippen molar-refractivity contribution in [2.75, 3.05) is 0 Å². The Labute approximate surface area is 109 Å². The molecular weight excluding hydrogens is 246 g/mol. The van der Waals surface area contributed by atoms with E-state index in [-0.39, 0.29) is 111 Å². The normalized spacial score (nSPS) is 0. The van der Waals surface area contributed by atoms with Crippen LogP contribution in [0, 0.1) is 0 Å². The first-order chi connectivity index (χ1) is 0. The predicted molar refractivity (Wildman–Crippen MR) is 17.3 cm³/mol. The summed E-state index contributed by atoms with van der Waals surface area (Å²) in [5.41, 5.74) is 0. The average molecular weight is 246 g/mol. The Morgan fingerprint density at radius 1 is 0.400 bits per heavy atom. The molecule has 0 rings (SSSR count). The molecule has 5 heavy (non-hydrogen) atoms. The van der Waals surface area contributed by atoms with Crippen molar-refractivity contribution in [3.05, 3.63) is 0 Å². The minimum Gasteiger partial charge on any atom is 0 e. The molecule has 3 radical (unpaired) electrons. The summed E-state index contributed by atoms with van der Waals surface area (Å²) in [5.74, 6) is 0. The average Bonchev–Trinajstić information content (AvgIpc) is 0. The molecule has 0 fully saturated rings. The molecule has 0 aromatic heterocycles. The molecule has 0 aliphatic heterocycles. The molecule has 0 unspecified atom stereocenters. The van der Waals surface area contributed by atoms with Crippen LogP contribution in [0.5, 0.6) is 0 Å². The second-order valence-corrected chi connectivity index (χ2v) is 0. The second-order valence-electron chi connectivity index (χ2n) is 0. The topological polar surface area (TPSA) is 0 Å². The van der Waals surface area contributed by atoms with Gasteiger partial charge in [0.2, 0.25) is 0 Å². The maximum absolute atomic E-state index is 0. The van der Waals surface area contributed by atoms with Gasteiger partial charge in [-0.25, -0.2) is 0 Å². The summed E-state index contributed by atoms with van der Waals surface area (Å²) >= 11 is 0. The molecular formula is Cd2Li3. The molecule has 0 saturated heterocycles. The molecule has 0 aliphatic rings. The van der Waals surface area contributed by atoms with E-state index in [1.807, 2.05) is 0 Å². The molecule has 0 atom stereocenters. The van der Waals surface area contributed by atoms with Crippen LogP contribution < -0.4 is 0 Å². The van der Waals surface area contributed by atoms with Crippen molar-refractivity contribution in [3.8, 4) is 0 Å². The summed E-state index contributed by atoms with van der Waals surface area (Å²) in [7, 11) is 0. The standard InChI is InChI=1S/2Cd.3Li. The van der Waals surface area contributed by atoms with Crippen LogP contribution in [-0.4, -0.2) is 56.6 Å². The summed E-state index contributed by atoms with van der Waals surface area (Å²) in [6.45, 7) is 0. The third-order valence-electron chi connectivity index (χ3n) is 0. The van der Waals surface area contributed by atoms with Gasteiger partial charge in [-0.3, -0.25) is 0 Å². The van der Waals surface area contributed by atoms with Crippen LogP contribution in [-0.2, 0) is 54.6 Å². The minimum absolute atomic E-state index is 0. The van der Waals surface area contributed by atoms with Gasteiger partial charge in [0.15, 0.2) is 0 Å². The number of rotatable bonds is 0. The molecule has 0 bridgehead atoms. The molecule has 5 heteroatoms. The van der Waals surface area contributed by atoms with Gasteiger partial charge in [-0.05, 0) is 0 Å². The van der Waals surface area contributed by atoms with Crippen LogP contribution in [0.25, 0.3) is 0 Å². The molecule has 7 valence electrons. The van der Waals surface area contributed by atoms with Crippen molar-refractivity contribution < 1.29 is 54.6 Å². The van der Waals surface area contributed by atoms with Crippen LogP contribution >= 0.6 is 0 Å². The molecule has 0 heterocycles. The van der Waals surface area contributed by atoms with Gasteiger partial charge in [-0.15, -0.1) is 0 Å². The Bertz CT molecular complexity index is 4.85. The van der Waals surface area contributed by atoms with E-state index in [1.54, 1.807) is 0 Å². The van der Waals surface area contributed by atoms with Crippen molar-refractivity contribution in [2.24, 2.45) is 0 Å². The Morgan fingerprint density at radius 2 is 0.400 bits per heavy atom.